The van der Waals surface area contributed by atoms with Crippen molar-refractivity contribution in [1.29, 1.82) is 0 Å². The van der Waals surface area contributed by atoms with E-state index in [1.807, 2.05) is 56.3 Å². The molecule has 5 rings (SSSR count). The van der Waals surface area contributed by atoms with Gasteiger partial charge in [0, 0.05) is 18.7 Å². The van der Waals surface area contributed by atoms with Gasteiger partial charge in [-0.05, 0) is 31.5 Å². The Morgan fingerprint density at radius 3 is 2.42 bits per heavy atom. The molecule has 1 N–H and O–H groups in total. The molecule has 0 aliphatic heterocycles. The molecule has 38 heavy (non-hydrogen) atoms. The number of nitrogens with one attached hydrogen (secondary N) is 1. The lowest BCUT2D eigenvalue weighted by molar-refractivity contribution is 0.102. The molecule has 3 heterocycles. The first-order valence-electron chi connectivity index (χ1n) is 12.4. The first-order valence-corrected chi connectivity index (χ1v) is 12.4. The molecule has 5 aromatic rings. The molecule has 0 aliphatic carbocycles. The highest BCUT2D eigenvalue weighted by molar-refractivity contribution is 6.06. The number of aromatic nitrogens is 6. The third kappa shape index (κ3) is 4.56. The molecule has 0 radical (unpaired) electrons. The van der Waals surface area contributed by atoms with Crippen molar-refractivity contribution in [2.75, 3.05) is 19.5 Å². The molecule has 2 aromatic carbocycles. The summed E-state index contributed by atoms with van der Waals surface area (Å²) >= 11 is 0. The number of carbonyl (C=O) groups is 1. The third-order valence-electron chi connectivity index (χ3n) is 6.42. The maximum atomic E-state index is 13.2. The van der Waals surface area contributed by atoms with Gasteiger partial charge in [-0.1, -0.05) is 48.5 Å². The molecule has 1 atom stereocenters. The Bertz CT molecular complexity index is 1580. The van der Waals surface area contributed by atoms with Crippen molar-refractivity contribution in [3.63, 3.8) is 0 Å². The average Bonchev–Trinajstić information content (AvgIpc) is 3.56. The number of ether oxygens (including phenoxy) is 2. The predicted octanol–water partition coefficient (Wildman–Crippen LogP) is 4.51. The minimum Gasteiger partial charge on any atom is -0.496 e. The van der Waals surface area contributed by atoms with E-state index in [1.54, 1.807) is 24.2 Å². The van der Waals surface area contributed by atoms with Gasteiger partial charge >= 0.3 is 0 Å². The van der Waals surface area contributed by atoms with Gasteiger partial charge in [0.15, 0.2) is 5.65 Å². The summed E-state index contributed by atoms with van der Waals surface area (Å²) in [6.07, 6.45) is 1.56. The van der Waals surface area contributed by atoms with E-state index in [2.05, 4.69) is 37.1 Å². The number of benzene rings is 2. The zero-order valence-electron chi connectivity index (χ0n) is 21.8. The Hall–Kier alpha value is -4.73. The molecular weight excluding hydrogens is 482 g/mol. The molecule has 194 valence electrons. The van der Waals surface area contributed by atoms with Crippen molar-refractivity contribution >= 4 is 23.0 Å². The maximum absolute atomic E-state index is 13.2. The van der Waals surface area contributed by atoms with E-state index < -0.39 is 5.91 Å². The summed E-state index contributed by atoms with van der Waals surface area (Å²) in [5.74, 6) is 1.29. The quantitative estimate of drug-likeness (QED) is 0.310. The van der Waals surface area contributed by atoms with E-state index in [1.165, 1.54) is 7.11 Å². The second-order valence-corrected chi connectivity index (χ2v) is 8.57. The normalized spacial score (nSPS) is 11.9. The summed E-state index contributed by atoms with van der Waals surface area (Å²) in [6.45, 7) is 5.24. The number of para-hydroxylation sites is 1. The number of rotatable bonds is 9. The zero-order chi connectivity index (χ0) is 26.6. The predicted molar refractivity (Wildman–Crippen MR) is 144 cm³/mol. The summed E-state index contributed by atoms with van der Waals surface area (Å²) in [7, 11) is 3.15. The van der Waals surface area contributed by atoms with Crippen LogP contribution in [0.15, 0.2) is 67.0 Å². The van der Waals surface area contributed by atoms with E-state index in [0.717, 1.165) is 28.2 Å². The molecule has 10 nitrogen and oxygen atoms in total. The number of aryl methyl sites for hydroxylation is 2. The van der Waals surface area contributed by atoms with Gasteiger partial charge in [-0.25, -0.2) is 9.97 Å². The van der Waals surface area contributed by atoms with Crippen LogP contribution in [0.2, 0.25) is 0 Å². The minimum absolute atomic E-state index is 0.172. The summed E-state index contributed by atoms with van der Waals surface area (Å²) in [4.78, 5) is 27.0. The molecule has 0 fully saturated rings. The number of anilines is 1. The number of imidazole rings is 1. The monoisotopic (exact) mass is 511 g/mol. The van der Waals surface area contributed by atoms with E-state index in [-0.39, 0.29) is 23.3 Å². The standard InChI is InChI=1S/C28H29N7O3/c1-5-34-17-29-28(33-34)32-26(36)20-16-21-24(31-27(20)38-4)30-25(35(21)6-2)23(18-12-8-7-9-13-18)19-14-10-11-15-22(19)37-3/h7-17,23H,5-6H2,1-4H3,(H,32,33,36). The highest BCUT2D eigenvalue weighted by Crippen LogP contribution is 2.38. The number of methoxy groups -OCH3 is 2. The topological polar surface area (TPSA) is 109 Å². The molecule has 0 spiro atoms. The summed E-state index contributed by atoms with van der Waals surface area (Å²) in [5, 5.41) is 6.98. The van der Waals surface area contributed by atoms with Gasteiger partial charge in [0.1, 0.15) is 23.5 Å². The number of hydrogen-bond acceptors (Lipinski definition) is 7. The Morgan fingerprint density at radius 1 is 0.974 bits per heavy atom. The van der Waals surface area contributed by atoms with Crippen molar-refractivity contribution in [3.05, 3.63) is 89.5 Å². The zero-order valence-corrected chi connectivity index (χ0v) is 21.8. The summed E-state index contributed by atoms with van der Waals surface area (Å²) in [6, 6.07) is 19.8. The summed E-state index contributed by atoms with van der Waals surface area (Å²) in [5.41, 5.74) is 3.51. The van der Waals surface area contributed by atoms with Crippen LogP contribution in [0.3, 0.4) is 0 Å². The molecular formula is C28H29N7O3. The fraction of sp³-hybridized carbons (Fsp3) is 0.250. The molecule has 0 bridgehead atoms. The van der Waals surface area contributed by atoms with Gasteiger partial charge in [-0.3, -0.25) is 14.8 Å². The molecule has 1 unspecified atom stereocenters. The van der Waals surface area contributed by atoms with Crippen LogP contribution in [-0.2, 0) is 13.1 Å². The first kappa shape index (κ1) is 24.9. The Kier molecular flexibility index (Phi) is 7.03. The van der Waals surface area contributed by atoms with Gasteiger partial charge < -0.3 is 14.0 Å². The van der Waals surface area contributed by atoms with Gasteiger partial charge in [0.25, 0.3) is 5.91 Å². The Morgan fingerprint density at radius 2 is 1.74 bits per heavy atom. The van der Waals surface area contributed by atoms with Crippen molar-refractivity contribution in [3.8, 4) is 11.6 Å². The highest BCUT2D eigenvalue weighted by Gasteiger charge is 2.28. The molecule has 1 amide bonds. The van der Waals surface area contributed by atoms with E-state index in [9.17, 15) is 4.79 Å². The molecule has 10 heteroatoms. The minimum atomic E-state index is -0.417. The van der Waals surface area contributed by atoms with Crippen LogP contribution >= 0.6 is 0 Å². The van der Waals surface area contributed by atoms with Gasteiger partial charge in [0.05, 0.1) is 25.7 Å². The van der Waals surface area contributed by atoms with Crippen molar-refractivity contribution in [2.24, 2.45) is 0 Å². The van der Waals surface area contributed by atoms with Crippen molar-refractivity contribution < 1.29 is 14.3 Å². The molecule has 0 saturated heterocycles. The van der Waals surface area contributed by atoms with Gasteiger partial charge in [0.2, 0.25) is 11.8 Å². The second-order valence-electron chi connectivity index (χ2n) is 8.57. The lowest BCUT2D eigenvalue weighted by Crippen LogP contribution is -2.16. The van der Waals surface area contributed by atoms with E-state index in [0.29, 0.717) is 18.7 Å². The number of carbonyl (C=O) groups excluding carboxylic acids is 1. The lowest BCUT2D eigenvalue weighted by atomic mass is 9.89. The van der Waals surface area contributed by atoms with Crippen LogP contribution < -0.4 is 14.8 Å². The number of pyridine rings is 1. The maximum Gasteiger partial charge on any atom is 0.263 e. The van der Waals surface area contributed by atoms with E-state index in [4.69, 9.17) is 14.5 Å². The largest absolute Gasteiger partial charge is 0.496 e. The number of nitrogens with zero attached hydrogens (tertiary/aromatic N) is 6. The molecule has 0 aliphatic rings. The molecule has 3 aromatic heterocycles. The Balaban J connectivity index is 1.66. The van der Waals surface area contributed by atoms with Crippen molar-refractivity contribution in [2.45, 2.75) is 32.9 Å². The number of amides is 1. The van der Waals surface area contributed by atoms with Crippen LogP contribution in [0.4, 0.5) is 5.95 Å². The number of fused-ring (bicyclic) bond motifs is 1. The fourth-order valence-electron chi connectivity index (χ4n) is 4.61. The van der Waals surface area contributed by atoms with E-state index >= 15 is 0 Å². The van der Waals surface area contributed by atoms with Crippen LogP contribution in [0.1, 0.15) is 47.1 Å². The van der Waals surface area contributed by atoms with Crippen LogP contribution in [0, 0.1) is 0 Å². The highest BCUT2D eigenvalue weighted by atomic mass is 16.5. The SMILES string of the molecule is CCn1cnc(NC(=O)c2cc3c(nc2OC)nc(C(c2ccccc2)c2ccccc2OC)n3CC)n1. The van der Waals surface area contributed by atoms with Crippen LogP contribution in [0.5, 0.6) is 11.6 Å². The second kappa shape index (κ2) is 10.7. The average molecular weight is 512 g/mol. The van der Waals surface area contributed by atoms with Crippen LogP contribution in [0.25, 0.3) is 11.2 Å². The first-order chi connectivity index (χ1) is 18.6. The number of hydrogen-bond donors (Lipinski definition) is 1. The van der Waals surface area contributed by atoms with Crippen molar-refractivity contribution in [1.82, 2.24) is 29.3 Å². The van der Waals surface area contributed by atoms with Crippen LogP contribution in [-0.4, -0.2) is 49.4 Å². The molecule has 0 saturated carbocycles. The van der Waals surface area contributed by atoms with Gasteiger partial charge in [-0.2, -0.15) is 4.98 Å². The smallest absolute Gasteiger partial charge is 0.263 e. The Labute approximate surface area is 220 Å². The fourth-order valence-corrected chi connectivity index (χ4v) is 4.61. The third-order valence-corrected chi connectivity index (χ3v) is 6.42. The van der Waals surface area contributed by atoms with Gasteiger partial charge in [-0.15, -0.1) is 5.10 Å². The summed E-state index contributed by atoms with van der Waals surface area (Å²) < 4.78 is 14.9. The lowest BCUT2D eigenvalue weighted by Gasteiger charge is -2.21.